The van der Waals surface area contributed by atoms with E-state index >= 15 is 0 Å². The highest BCUT2D eigenvalue weighted by Gasteiger charge is 2.49. The van der Waals surface area contributed by atoms with Crippen molar-refractivity contribution >= 4 is 16.3 Å². The summed E-state index contributed by atoms with van der Waals surface area (Å²) in [6.45, 7) is 0.460. The Morgan fingerprint density at radius 2 is 1.92 bits per heavy atom. The van der Waals surface area contributed by atoms with Gasteiger partial charge in [-0.05, 0) is 12.1 Å². The Bertz CT molecular complexity index is 685. The first-order valence-corrected chi connectivity index (χ1v) is 8.66. The highest BCUT2D eigenvalue weighted by atomic mass is 32.3. The number of aliphatic hydroxyl groups excluding tert-OH is 2. The van der Waals surface area contributed by atoms with Crippen molar-refractivity contribution < 1.29 is 41.6 Å². The molecule has 12 heteroatoms. The van der Waals surface area contributed by atoms with E-state index < -0.39 is 53.6 Å². The van der Waals surface area contributed by atoms with Crippen LogP contribution in [0.3, 0.4) is 0 Å². The summed E-state index contributed by atoms with van der Waals surface area (Å²) in [5.41, 5.74) is 0. The van der Waals surface area contributed by atoms with Crippen LogP contribution >= 0.6 is 0 Å². The molecule has 0 radical (unpaired) electrons. The first kappa shape index (κ1) is 22.2. The van der Waals surface area contributed by atoms with E-state index in [1.54, 1.807) is 30.3 Å². The van der Waals surface area contributed by atoms with E-state index in [1.165, 1.54) is 6.92 Å². The van der Waals surface area contributed by atoms with Crippen LogP contribution in [0, 0.1) is 0 Å². The molecule has 2 rings (SSSR count). The third-order valence-electron chi connectivity index (χ3n) is 3.45. The van der Waals surface area contributed by atoms with E-state index in [0.717, 1.165) is 0 Å². The van der Waals surface area contributed by atoms with E-state index in [4.69, 9.17) is 14.0 Å². The van der Waals surface area contributed by atoms with Gasteiger partial charge in [0.1, 0.15) is 30.1 Å². The topological polar surface area (TPSA) is 187 Å². The van der Waals surface area contributed by atoms with Gasteiger partial charge < -0.3 is 31.2 Å². The number of ether oxygens (including phenoxy) is 2. The standard InChI is InChI=1S/C14H19NO9S.H3N/c1-8(17)15-11-12(18)13(24-25(19,20)21)10(7-16)23-14(11)22-9-5-3-2-4-6-9;/h2-6,10-14,16,18H,7H2,1H3,(H,15,17)(H,19,20,21);1H3/t10-,11-,12-,13+,14-;/m1./s1. The zero-order valence-corrected chi connectivity index (χ0v) is 14.7. The molecule has 0 saturated carbocycles. The number of hydrogen-bond donors (Lipinski definition) is 5. The van der Waals surface area contributed by atoms with Crippen LogP contribution in [0.15, 0.2) is 30.3 Å². The molecule has 1 aliphatic heterocycles. The van der Waals surface area contributed by atoms with Crippen molar-refractivity contribution in [3.63, 3.8) is 0 Å². The van der Waals surface area contributed by atoms with Gasteiger partial charge in [0, 0.05) is 6.92 Å². The Morgan fingerprint density at radius 3 is 2.42 bits per heavy atom. The lowest BCUT2D eigenvalue weighted by Gasteiger charge is -2.43. The van der Waals surface area contributed by atoms with Gasteiger partial charge in [-0.25, -0.2) is 4.18 Å². The van der Waals surface area contributed by atoms with Gasteiger partial charge >= 0.3 is 10.4 Å². The smallest absolute Gasteiger partial charge is 0.397 e. The van der Waals surface area contributed by atoms with Crippen LogP contribution in [0.5, 0.6) is 5.75 Å². The minimum absolute atomic E-state index is 0. The van der Waals surface area contributed by atoms with E-state index in [2.05, 4.69) is 9.50 Å². The molecule has 26 heavy (non-hydrogen) atoms. The van der Waals surface area contributed by atoms with Gasteiger partial charge in [0.2, 0.25) is 12.2 Å². The quantitative estimate of drug-likeness (QED) is 0.374. The molecular formula is C14H22N2O9S. The minimum atomic E-state index is -4.93. The molecule has 1 aliphatic rings. The molecule has 11 nitrogen and oxygen atoms in total. The second-order valence-corrected chi connectivity index (χ2v) is 6.41. The molecule has 7 N–H and O–H groups in total. The zero-order chi connectivity index (χ0) is 18.6. The Balaban J connectivity index is 0.00000338. The minimum Gasteiger partial charge on any atom is -0.463 e. The first-order valence-electron chi connectivity index (χ1n) is 7.30. The lowest BCUT2D eigenvalue weighted by atomic mass is 9.97. The summed E-state index contributed by atoms with van der Waals surface area (Å²) in [6.07, 6.45) is -5.85. The fourth-order valence-electron chi connectivity index (χ4n) is 2.45. The number of aliphatic hydroxyl groups is 2. The highest BCUT2D eigenvalue weighted by molar-refractivity contribution is 7.80. The summed E-state index contributed by atoms with van der Waals surface area (Å²) >= 11 is 0. The number of benzene rings is 1. The predicted octanol–water partition coefficient (Wildman–Crippen LogP) is -1.00. The summed E-state index contributed by atoms with van der Waals surface area (Å²) < 4.78 is 46.2. The summed E-state index contributed by atoms with van der Waals surface area (Å²) in [6, 6.07) is 7.13. The third kappa shape index (κ3) is 5.88. The second-order valence-electron chi connectivity index (χ2n) is 5.36. The molecule has 1 aromatic carbocycles. The summed E-state index contributed by atoms with van der Waals surface area (Å²) in [4.78, 5) is 11.4. The fourth-order valence-corrected chi connectivity index (χ4v) is 2.97. The average molecular weight is 394 g/mol. The predicted molar refractivity (Wildman–Crippen MR) is 87.9 cm³/mol. The lowest BCUT2D eigenvalue weighted by molar-refractivity contribution is -0.239. The van der Waals surface area contributed by atoms with Crippen LogP contribution in [0.1, 0.15) is 6.92 Å². The van der Waals surface area contributed by atoms with Crippen LogP contribution in [0.25, 0.3) is 0 Å². The normalized spacial score (nSPS) is 28.7. The number of amides is 1. The molecule has 0 aromatic heterocycles. The number of carbonyl (C=O) groups excluding carboxylic acids is 1. The fraction of sp³-hybridized carbons (Fsp3) is 0.500. The van der Waals surface area contributed by atoms with Crippen LogP contribution in [-0.2, 0) is 24.1 Å². The van der Waals surface area contributed by atoms with Gasteiger partial charge in [-0.3, -0.25) is 9.35 Å². The highest BCUT2D eigenvalue weighted by Crippen LogP contribution is 2.27. The number of nitrogens with one attached hydrogen (secondary N) is 1. The summed E-state index contributed by atoms with van der Waals surface area (Å²) in [5, 5.41) is 22.2. The van der Waals surface area contributed by atoms with Crippen molar-refractivity contribution in [3.8, 4) is 5.75 Å². The van der Waals surface area contributed by atoms with E-state index in [0.29, 0.717) is 5.75 Å². The van der Waals surface area contributed by atoms with Crippen LogP contribution in [0.2, 0.25) is 0 Å². The van der Waals surface area contributed by atoms with Crippen molar-refractivity contribution in [1.82, 2.24) is 11.5 Å². The van der Waals surface area contributed by atoms with E-state index in [9.17, 15) is 23.4 Å². The number of para-hydroxylation sites is 1. The molecule has 0 aliphatic carbocycles. The molecule has 0 bridgehead atoms. The van der Waals surface area contributed by atoms with Gasteiger partial charge in [-0.15, -0.1) is 0 Å². The van der Waals surface area contributed by atoms with Crippen molar-refractivity contribution in [2.75, 3.05) is 6.61 Å². The molecule has 5 atom stereocenters. The van der Waals surface area contributed by atoms with Crippen molar-refractivity contribution in [3.05, 3.63) is 30.3 Å². The van der Waals surface area contributed by atoms with Crippen LogP contribution in [0.4, 0.5) is 0 Å². The van der Waals surface area contributed by atoms with Gasteiger partial charge in [0.15, 0.2) is 0 Å². The van der Waals surface area contributed by atoms with Gasteiger partial charge in [0.25, 0.3) is 0 Å². The largest absolute Gasteiger partial charge is 0.463 e. The molecular weight excluding hydrogens is 372 g/mol. The maximum atomic E-state index is 11.4. The zero-order valence-electron chi connectivity index (χ0n) is 13.9. The SMILES string of the molecule is CC(=O)N[C@H]1[C@H](Oc2ccccc2)O[C@H](CO)[C@H](OS(=O)(=O)O)[C@@H]1O.N. The lowest BCUT2D eigenvalue weighted by Crippen LogP contribution is -2.66. The Kier molecular flexibility index (Phi) is 7.89. The second kappa shape index (κ2) is 9.23. The van der Waals surface area contributed by atoms with E-state index in [1.807, 2.05) is 0 Å². The molecule has 1 aromatic rings. The molecule has 1 amide bonds. The molecule has 1 saturated heterocycles. The summed E-state index contributed by atoms with van der Waals surface area (Å²) in [5.74, 6) is -0.178. The maximum absolute atomic E-state index is 11.4. The Labute approximate surface area is 150 Å². The number of hydrogen-bond acceptors (Lipinski definition) is 9. The first-order chi connectivity index (χ1) is 11.7. The maximum Gasteiger partial charge on any atom is 0.397 e. The van der Waals surface area contributed by atoms with Crippen LogP contribution in [-0.4, -0.2) is 66.3 Å². The molecule has 1 fully saturated rings. The molecule has 148 valence electrons. The van der Waals surface area contributed by atoms with Gasteiger partial charge in [-0.2, -0.15) is 8.42 Å². The Hall–Kier alpha value is -1.80. The molecule has 0 spiro atoms. The van der Waals surface area contributed by atoms with Gasteiger partial charge in [-0.1, -0.05) is 18.2 Å². The van der Waals surface area contributed by atoms with Crippen molar-refractivity contribution in [2.45, 2.75) is 37.6 Å². The van der Waals surface area contributed by atoms with E-state index in [-0.39, 0.29) is 6.15 Å². The van der Waals surface area contributed by atoms with Crippen molar-refractivity contribution in [1.29, 1.82) is 0 Å². The molecule has 0 unspecified atom stereocenters. The number of carbonyl (C=O) groups is 1. The van der Waals surface area contributed by atoms with Crippen molar-refractivity contribution in [2.24, 2.45) is 0 Å². The molecule has 1 heterocycles. The number of rotatable bonds is 6. The Morgan fingerprint density at radius 1 is 1.31 bits per heavy atom. The third-order valence-corrected chi connectivity index (χ3v) is 3.92. The summed E-state index contributed by atoms with van der Waals surface area (Å²) in [7, 11) is -4.93. The average Bonchev–Trinajstić information content (AvgIpc) is 2.53. The van der Waals surface area contributed by atoms with Gasteiger partial charge in [0.05, 0.1) is 6.61 Å². The monoisotopic (exact) mass is 394 g/mol. The van der Waals surface area contributed by atoms with Crippen LogP contribution < -0.4 is 16.2 Å².